The van der Waals surface area contributed by atoms with Crippen LogP contribution in [0.3, 0.4) is 0 Å². The second kappa shape index (κ2) is 5.17. The molecule has 0 atom stereocenters. The van der Waals surface area contributed by atoms with Crippen molar-refractivity contribution in [2.45, 2.75) is 27.3 Å². The zero-order valence-corrected chi connectivity index (χ0v) is 11.7. The number of aromatic amines is 1. The van der Waals surface area contributed by atoms with E-state index < -0.39 is 0 Å². The van der Waals surface area contributed by atoms with Gasteiger partial charge in [-0.3, -0.25) is 14.7 Å². The molecule has 2 rings (SSSR count). The number of nitriles is 1. The normalized spacial score (nSPS) is 10.3. The van der Waals surface area contributed by atoms with Crippen molar-refractivity contribution in [2.24, 2.45) is 0 Å². The number of aromatic nitrogens is 2. The molecule has 5 nitrogen and oxygen atoms in total. The number of benzene rings is 1. The lowest BCUT2D eigenvalue weighted by Gasteiger charge is -2.10. The van der Waals surface area contributed by atoms with Crippen LogP contribution in [-0.4, -0.2) is 9.78 Å². The molecule has 0 aliphatic rings. The van der Waals surface area contributed by atoms with Gasteiger partial charge in [-0.1, -0.05) is 6.07 Å². The van der Waals surface area contributed by atoms with E-state index in [9.17, 15) is 9.59 Å². The van der Waals surface area contributed by atoms with Crippen LogP contribution in [0.15, 0.2) is 27.8 Å². The number of aryl methyl sites for hydroxylation is 1. The molecule has 5 heteroatoms. The van der Waals surface area contributed by atoms with Crippen LogP contribution in [0.4, 0.5) is 0 Å². The number of hydrogen-bond donors (Lipinski definition) is 1. The molecule has 0 spiro atoms. The van der Waals surface area contributed by atoms with Crippen molar-refractivity contribution in [1.29, 1.82) is 5.26 Å². The average Bonchev–Trinajstić information content (AvgIpc) is 2.44. The SMILES string of the molecule is Cc1cc(C#N)ccc1Cn1[nH]c(=O)c(C)c(C)c1=O. The van der Waals surface area contributed by atoms with Crippen molar-refractivity contribution in [1.82, 2.24) is 9.78 Å². The first-order chi connectivity index (χ1) is 9.43. The Labute approximate surface area is 116 Å². The van der Waals surface area contributed by atoms with Crippen LogP contribution >= 0.6 is 0 Å². The molecule has 102 valence electrons. The predicted octanol–water partition coefficient (Wildman–Crippen LogP) is 1.38. The van der Waals surface area contributed by atoms with E-state index in [2.05, 4.69) is 11.2 Å². The zero-order chi connectivity index (χ0) is 14.9. The van der Waals surface area contributed by atoms with E-state index in [0.29, 0.717) is 16.7 Å². The largest absolute Gasteiger partial charge is 0.268 e. The molecule has 0 fully saturated rings. The molecular weight excluding hydrogens is 254 g/mol. The van der Waals surface area contributed by atoms with Gasteiger partial charge >= 0.3 is 0 Å². The van der Waals surface area contributed by atoms with Gasteiger partial charge in [-0.25, -0.2) is 4.68 Å². The summed E-state index contributed by atoms with van der Waals surface area (Å²) in [6, 6.07) is 7.33. The standard InChI is InChI=1S/C15H15N3O2/c1-9-6-12(7-16)4-5-13(9)8-18-15(20)11(3)10(2)14(19)17-18/h4-6H,8H2,1-3H3,(H,17,19). The zero-order valence-electron chi connectivity index (χ0n) is 11.7. The molecule has 0 aliphatic heterocycles. The number of rotatable bonds is 2. The van der Waals surface area contributed by atoms with Crippen molar-refractivity contribution in [3.63, 3.8) is 0 Å². The van der Waals surface area contributed by atoms with Crippen molar-refractivity contribution in [3.05, 3.63) is 66.7 Å². The van der Waals surface area contributed by atoms with Gasteiger partial charge in [-0.2, -0.15) is 5.26 Å². The van der Waals surface area contributed by atoms with Crippen molar-refractivity contribution in [2.75, 3.05) is 0 Å². The quantitative estimate of drug-likeness (QED) is 0.894. The summed E-state index contributed by atoms with van der Waals surface area (Å²) in [7, 11) is 0. The fourth-order valence-corrected chi connectivity index (χ4v) is 2.01. The molecule has 0 unspecified atom stereocenters. The van der Waals surface area contributed by atoms with Gasteiger partial charge in [-0.05, 0) is 44.0 Å². The molecule has 0 aliphatic carbocycles. The monoisotopic (exact) mass is 269 g/mol. The maximum Gasteiger partial charge on any atom is 0.268 e. The summed E-state index contributed by atoms with van der Waals surface area (Å²) >= 11 is 0. The summed E-state index contributed by atoms with van der Waals surface area (Å²) in [4.78, 5) is 23.9. The summed E-state index contributed by atoms with van der Waals surface area (Å²) in [5.41, 5.74) is 2.83. The Hall–Kier alpha value is -2.61. The van der Waals surface area contributed by atoms with Gasteiger partial charge in [0.05, 0.1) is 18.2 Å². The smallest absolute Gasteiger partial charge is 0.268 e. The highest BCUT2D eigenvalue weighted by molar-refractivity contribution is 5.37. The Balaban J connectivity index is 2.49. The lowest BCUT2D eigenvalue weighted by molar-refractivity contribution is 0.616. The van der Waals surface area contributed by atoms with Gasteiger partial charge in [0.25, 0.3) is 11.1 Å². The van der Waals surface area contributed by atoms with E-state index in [1.54, 1.807) is 32.0 Å². The van der Waals surface area contributed by atoms with Crippen LogP contribution in [0.2, 0.25) is 0 Å². The van der Waals surface area contributed by atoms with E-state index in [1.165, 1.54) is 4.68 Å². The lowest BCUT2D eigenvalue weighted by Crippen LogP contribution is -2.33. The maximum atomic E-state index is 12.1. The maximum absolute atomic E-state index is 12.1. The van der Waals surface area contributed by atoms with Crippen LogP contribution in [0.5, 0.6) is 0 Å². The van der Waals surface area contributed by atoms with Crippen LogP contribution < -0.4 is 11.1 Å². The average molecular weight is 269 g/mol. The Morgan fingerprint density at radius 3 is 2.50 bits per heavy atom. The molecule has 0 bridgehead atoms. The number of H-pyrrole nitrogens is 1. The minimum Gasteiger partial charge on any atom is -0.268 e. The summed E-state index contributed by atoms with van der Waals surface area (Å²) in [5.74, 6) is 0. The molecule has 0 saturated heterocycles. The molecule has 1 aromatic heterocycles. The third-order valence-corrected chi connectivity index (χ3v) is 3.51. The highest BCUT2D eigenvalue weighted by Crippen LogP contribution is 2.11. The minimum atomic E-state index is -0.256. The number of hydrogen-bond acceptors (Lipinski definition) is 3. The van der Waals surface area contributed by atoms with Gasteiger partial charge in [0, 0.05) is 11.1 Å². The first-order valence-electron chi connectivity index (χ1n) is 6.24. The molecule has 2 aromatic rings. The second-order valence-electron chi connectivity index (χ2n) is 4.84. The van der Waals surface area contributed by atoms with Crippen LogP contribution in [0.25, 0.3) is 0 Å². The van der Waals surface area contributed by atoms with Gasteiger partial charge in [0.1, 0.15) is 0 Å². The van der Waals surface area contributed by atoms with Crippen molar-refractivity contribution >= 4 is 0 Å². The third kappa shape index (κ3) is 2.41. The Morgan fingerprint density at radius 2 is 1.90 bits per heavy atom. The molecule has 0 radical (unpaired) electrons. The van der Waals surface area contributed by atoms with Gasteiger partial charge in [0.2, 0.25) is 0 Å². The van der Waals surface area contributed by atoms with E-state index in [0.717, 1.165) is 11.1 Å². The predicted molar refractivity (Wildman–Crippen MR) is 75.8 cm³/mol. The fourth-order valence-electron chi connectivity index (χ4n) is 2.01. The van der Waals surface area contributed by atoms with Gasteiger partial charge < -0.3 is 0 Å². The van der Waals surface area contributed by atoms with Gasteiger partial charge in [0.15, 0.2) is 0 Å². The molecule has 0 amide bonds. The molecule has 0 saturated carbocycles. The lowest BCUT2D eigenvalue weighted by atomic mass is 10.1. The summed E-state index contributed by atoms with van der Waals surface area (Å²) < 4.78 is 1.30. The molecular formula is C15H15N3O2. The Morgan fingerprint density at radius 1 is 1.20 bits per heavy atom. The topological polar surface area (TPSA) is 78.7 Å². The van der Waals surface area contributed by atoms with Crippen molar-refractivity contribution in [3.8, 4) is 6.07 Å². The molecule has 1 aromatic carbocycles. The van der Waals surface area contributed by atoms with E-state index >= 15 is 0 Å². The summed E-state index contributed by atoms with van der Waals surface area (Å²) in [6.07, 6.45) is 0. The second-order valence-corrected chi connectivity index (χ2v) is 4.84. The van der Waals surface area contributed by atoms with E-state index in [4.69, 9.17) is 5.26 Å². The van der Waals surface area contributed by atoms with Gasteiger partial charge in [-0.15, -0.1) is 0 Å². The summed E-state index contributed by atoms with van der Waals surface area (Å²) in [5, 5.41) is 11.4. The highest BCUT2D eigenvalue weighted by atomic mass is 16.2. The first kappa shape index (κ1) is 13.8. The van der Waals surface area contributed by atoms with E-state index in [-0.39, 0.29) is 17.7 Å². The minimum absolute atomic E-state index is 0.203. The Kier molecular flexibility index (Phi) is 3.57. The van der Waals surface area contributed by atoms with Crippen LogP contribution in [0.1, 0.15) is 27.8 Å². The van der Waals surface area contributed by atoms with Crippen molar-refractivity contribution < 1.29 is 0 Å². The molecule has 20 heavy (non-hydrogen) atoms. The summed E-state index contributed by atoms with van der Waals surface area (Å²) in [6.45, 7) is 5.44. The number of nitrogens with one attached hydrogen (secondary N) is 1. The number of nitrogens with zero attached hydrogens (tertiary/aromatic N) is 2. The highest BCUT2D eigenvalue weighted by Gasteiger charge is 2.09. The first-order valence-corrected chi connectivity index (χ1v) is 6.24. The fraction of sp³-hybridized carbons (Fsp3) is 0.267. The van der Waals surface area contributed by atoms with E-state index in [1.807, 2.05) is 6.92 Å². The Bertz CT molecular complexity index is 822. The third-order valence-electron chi connectivity index (χ3n) is 3.51. The molecule has 1 heterocycles. The van der Waals surface area contributed by atoms with Crippen LogP contribution in [-0.2, 0) is 6.54 Å². The van der Waals surface area contributed by atoms with Crippen LogP contribution in [0, 0.1) is 32.1 Å². The molecule has 1 N–H and O–H groups in total.